The number of piperidine rings is 1. The van der Waals surface area contributed by atoms with Gasteiger partial charge in [0, 0.05) is 13.6 Å². The molecular weight excluding hydrogens is 230 g/mol. The maximum atomic E-state index is 12.3. The van der Waals surface area contributed by atoms with Crippen LogP contribution < -0.4 is 11.1 Å². The summed E-state index contributed by atoms with van der Waals surface area (Å²) < 4.78 is 0. The molecule has 0 aromatic heterocycles. The lowest BCUT2D eigenvalue weighted by Gasteiger charge is -2.36. The SMILES string of the molecule is CCCC[C@H](N)C(=O)N1CCCCC1C(=O)NC. The van der Waals surface area contributed by atoms with E-state index in [-0.39, 0.29) is 17.9 Å². The van der Waals surface area contributed by atoms with Crippen LogP contribution in [0.3, 0.4) is 0 Å². The van der Waals surface area contributed by atoms with Gasteiger partial charge in [-0.15, -0.1) is 0 Å². The summed E-state index contributed by atoms with van der Waals surface area (Å²) in [6, 6.07) is -0.792. The van der Waals surface area contributed by atoms with Gasteiger partial charge in [-0.1, -0.05) is 19.8 Å². The number of hydrogen-bond donors (Lipinski definition) is 2. The third-order valence-electron chi connectivity index (χ3n) is 3.52. The van der Waals surface area contributed by atoms with Crippen molar-refractivity contribution in [3.63, 3.8) is 0 Å². The van der Waals surface area contributed by atoms with E-state index in [1.807, 2.05) is 0 Å². The lowest BCUT2D eigenvalue weighted by atomic mass is 9.99. The molecule has 1 aliphatic heterocycles. The number of carbonyl (C=O) groups is 2. The molecule has 0 aromatic rings. The summed E-state index contributed by atoms with van der Waals surface area (Å²) in [5.74, 6) is -0.150. The minimum Gasteiger partial charge on any atom is -0.357 e. The highest BCUT2D eigenvalue weighted by Gasteiger charge is 2.33. The summed E-state index contributed by atoms with van der Waals surface area (Å²) in [6.07, 6.45) is 5.37. The van der Waals surface area contributed by atoms with Crippen LogP contribution >= 0.6 is 0 Å². The number of nitrogens with one attached hydrogen (secondary N) is 1. The summed E-state index contributed by atoms with van der Waals surface area (Å²) >= 11 is 0. The van der Waals surface area contributed by atoms with Crippen LogP contribution in [0.4, 0.5) is 0 Å². The van der Waals surface area contributed by atoms with Crippen molar-refractivity contribution in [1.82, 2.24) is 10.2 Å². The highest BCUT2D eigenvalue weighted by molar-refractivity contribution is 5.89. The number of carbonyl (C=O) groups excluding carboxylic acids is 2. The van der Waals surface area contributed by atoms with Crippen molar-refractivity contribution in [2.75, 3.05) is 13.6 Å². The summed E-state index contributed by atoms with van der Waals surface area (Å²) in [6.45, 7) is 2.72. The zero-order chi connectivity index (χ0) is 13.5. The molecule has 104 valence electrons. The molecule has 1 rings (SSSR count). The molecule has 0 radical (unpaired) electrons. The lowest BCUT2D eigenvalue weighted by Crippen LogP contribution is -2.55. The summed E-state index contributed by atoms with van der Waals surface area (Å²) in [4.78, 5) is 25.7. The lowest BCUT2D eigenvalue weighted by molar-refractivity contribution is -0.143. The fourth-order valence-electron chi connectivity index (χ4n) is 2.40. The van der Waals surface area contributed by atoms with Crippen LogP contribution in [0.1, 0.15) is 45.4 Å². The van der Waals surface area contributed by atoms with Crippen LogP contribution in [0.2, 0.25) is 0 Å². The second-order valence-corrected chi connectivity index (χ2v) is 4.91. The first-order valence-corrected chi connectivity index (χ1v) is 6.89. The first-order valence-electron chi connectivity index (χ1n) is 6.89. The zero-order valence-corrected chi connectivity index (χ0v) is 11.4. The molecule has 1 saturated heterocycles. The molecule has 18 heavy (non-hydrogen) atoms. The predicted octanol–water partition coefficient (Wildman–Crippen LogP) is 0.631. The van der Waals surface area contributed by atoms with Gasteiger partial charge in [0.1, 0.15) is 6.04 Å². The van der Waals surface area contributed by atoms with E-state index in [2.05, 4.69) is 12.2 Å². The van der Waals surface area contributed by atoms with E-state index in [1.165, 1.54) is 0 Å². The Morgan fingerprint density at radius 3 is 2.78 bits per heavy atom. The first-order chi connectivity index (χ1) is 8.61. The van der Waals surface area contributed by atoms with Crippen LogP contribution in [0, 0.1) is 0 Å². The number of likely N-dealkylation sites (N-methyl/N-ethyl adjacent to an activating group) is 1. The fraction of sp³-hybridized carbons (Fsp3) is 0.846. The average Bonchev–Trinajstić information content (AvgIpc) is 2.43. The first kappa shape index (κ1) is 15.0. The van der Waals surface area contributed by atoms with Crippen LogP contribution in [0.25, 0.3) is 0 Å². The molecule has 1 aliphatic rings. The van der Waals surface area contributed by atoms with E-state index in [9.17, 15) is 9.59 Å². The minimum atomic E-state index is -0.463. The van der Waals surface area contributed by atoms with Crippen molar-refractivity contribution >= 4 is 11.8 Å². The summed E-state index contributed by atoms with van der Waals surface area (Å²) in [7, 11) is 1.61. The maximum Gasteiger partial charge on any atom is 0.242 e. The fourth-order valence-corrected chi connectivity index (χ4v) is 2.40. The number of hydrogen-bond acceptors (Lipinski definition) is 3. The van der Waals surface area contributed by atoms with Gasteiger partial charge in [0.15, 0.2) is 0 Å². The maximum absolute atomic E-state index is 12.3. The highest BCUT2D eigenvalue weighted by atomic mass is 16.2. The molecule has 5 nitrogen and oxygen atoms in total. The molecule has 5 heteroatoms. The van der Waals surface area contributed by atoms with Crippen LogP contribution in [-0.4, -0.2) is 42.4 Å². The molecule has 1 unspecified atom stereocenters. The third-order valence-corrected chi connectivity index (χ3v) is 3.52. The Kier molecular flexibility index (Phi) is 6.12. The molecule has 1 heterocycles. The van der Waals surface area contributed by atoms with E-state index in [1.54, 1.807) is 11.9 Å². The van der Waals surface area contributed by atoms with Gasteiger partial charge in [-0.3, -0.25) is 9.59 Å². The highest BCUT2D eigenvalue weighted by Crippen LogP contribution is 2.18. The van der Waals surface area contributed by atoms with E-state index >= 15 is 0 Å². The number of amides is 2. The van der Waals surface area contributed by atoms with Crippen LogP contribution in [0.15, 0.2) is 0 Å². The average molecular weight is 255 g/mol. The normalized spacial score (nSPS) is 21.5. The Bertz CT molecular complexity index is 294. The third kappa shape index (κ3) is 3.70. The Balaban J connectivity index is 2.64. The van der Waals surface area contributed by atoms with Crippen molar-refractivity contribution in [1.29, 1.82) is 0 Å². The Morgan fingerprint density at radius 2 is 2.17 bits per heavy atom. The van der Waals surface area contributed by atoms with Gasteiger partial charge in [0.25, 0.3) is 0 Å². The van der Waals surface area contributed by atoms with Crippen LogP contribution in [-0.2, 0) is 9.59 Å². The molecule has 2 amide bonds. The van der Waals surface area contributed by atoms with Crippen molar-refractivity contribution in [2.45, 2.75) is 57.5 Å². The largest absolute Gasteiger partial charge is 0.357 e. The molecule has 0 bridgehead atoms. The smallest absolute Gasteiger partial charge is 0.242 e. The molecular formula is C13H25N3O2. The van der Waals surface area contributed by atoms with Crippen molar-refractivity contribution in [3.8, 4) is 0 Å². The summed E-state index contributed by atoms with van der Waals surface area (Å²) in [5, 5.41) is 2.63. The van der Waals surface area contributed by atoms with E-state index in [0.717, 1.165) is 32.1 Å². The second kappa shape index (κ2) is 7.36. The van der Waals surface area contributed by atoms with Gasteiger partial charge in [-0.2, -0.15) is 0 Å². The molecule has 3 N–H and O–H groups in total. The number of nitrogens with two attached hydrogens (primary N) is 1. The zero-order valence-electron chi connectivity index (χ0n) is 11.4. The second-order valence-electron chi connectivity index (χ2n) is 4.91. The van der Waals surface area contributed by atoms with Crippen molar-refractivity contribution in [3.05, 3.63) is 0 Å². The van der Waals surface area contributed by atoms with Gasteiger partial charge in [0.05, 0.1) is 6.04 Å². The Hall–Kier alpha value is -1.10. The summed E-state index contributed by atoms with van der Waals surface area (Å²) in [5.41, 5.74) is 5.92. The van der Waals surface area contributed by atoms with Crippen LogP contribution in [0.5, 0.6) is 0 Å². The Labute approximate surface area is 109 Å². The molecule has 1 fully saturated rings. The monoisotopic (exact) mass is 255 g/mol. The minimum absolute atomic E-state index is 0.0725. The number of likely N-dealkylation sites (tertiary alicyclic amines) is 1. The number of nitrogens with zero attached hydrogens (tertiary/aromatic N) is 1. The molecule has 0 aliphatic carbocycles. The molecule has 0 saturated carbocycles. The van der Waals surface area contributed by atoms with Gasteiger partial charge >= 0.3 is 0 Å². The number of rotatable bonds is 5. The Morgan fingerprint density at radius 1 is 1.44 bits per heavy atom. The quantitative estimate of drug-likeness (QED) is 0.756. The van der Waals surface area contributed by atoms with Gasteiger partial charge < -0.3 is 16.0 Å². The van der Waals surface area contributed by atoms with Gasteiger partial charge in [0.2, 0.25) is 11.8 Å². The van der Waals surface area contributed by atoms with E-state index < -0.39 is 6.04 Å². The van der Waals surface area contributed by atoms with Gasteiger partial charge in [-0.05, 0) is 25.7 Å². The predicted molar refractivity (Wildman–Crippen MR) is 70.9 cm³/mol. The molecule has 0 aromatic carbocycles. The van der Waals surface area contributed by atoms with E-state index in [4.69, 9.17) is 5.73 Å². The topological polar surface area (TPSA) is 75.4 Å². The standard InChI is InChI=1S/C13H25N3O2/c1-3-4-7-10(14)13(18)16-9-6-5-8-11(16)12(17)15-2/h10-11H,3-9,14H2,1-2H3,(H,15,17)/t10-,11?/m0/s1. The van der Waals surface area contributed by atoms with Crippen molar-refractivity contribution < 1.29 is 9.59 Å². The molecule has 0 spiro atoms. The van der Waals surface area contributed by atoms with Crippen molar-refractivity contribution in [2.24, 2.45) is 5.73 Å². The molecule has 2 atom stereocenters. The van der Waals surface area contributed by atoms with Gasteiger partial charge in [-0.25, -0.2) is 0 Å². The van der Waals surface area contributed by atoms with E-state index in [0.29, 0.717) is 13.0 Å². The number of unbranched alkanes of at least 4 members (excludes halogenated alkanes) is 1.